The van der Waals surface area contributed by atoms with E-state index < -0.39 is 5.97 Å². The molecule has 0 bridgehead atoms. The highest BCUT2D eigenvalue weighted by Gasteiger charge is 2.39. The number of morpholine rings is 1. The number of hydrogen-bond acceptors (Lipinski definition) is 4. The molecule has 1 aliphatic carbocycles. The van der Waals surface area contributed by atoms with Crippen molar-refractivity contribution in [3.63, 3.8) is 0 Å². The van der Waals surface area contributed by atoms with Crippen molar-refractivity contribution in [2.75, 3.05) is 26.3 Å². The van der Waals surface area contributed by atoms with Crippen LogP contribution in [0.4, 0.5) is 0 Å². The van der Waals surface area contributed by atoms with Gasteiger partial charge in [0.05, 0.1) is 25.9 Å². The summed E-state index contributed by atoms with van der Waals surface area (Å²) in [4.78, 5) is 13.2. The number of nitrogens with zero attached hydrogens (tertiary/aromatic N) is 1. The minimum atomic E-state index is -0.717. The molecule has 1 heterocycles. The molecule has 0 spiro atoms. The largest absolute Gasteiger partial charge is 0.481 e. The van der Waals surface area contributed by atoms with Crippen LogP contribution in [0.1, 0.15) is 44.1 Å². The maximum absolute atomic E-state index is 10.6. The number of carboxylic acid groups (broad SMARTS) is 1. The lowest BCUT2D eigenvalue weighted by Crippen LogP contribution is -2.46. The second-order valence-corrected chi connectivity index (χ2v) is 7.79. The van der Waals surface area contributed by atoms with Crippen LogP contribution in [-0.2, 0) is 20.9 Å². The Kier molecular flexibility index (Phi) is 8.52. The lowest BCUT2D eigenvalue weighted by molar-refractivity contribution is -0.137. The van der Waals surface area contributed by atoms with Crippen molar-refractivity contribution in [3.05, 3.63) is 48.0 Å². The van der Waals surface area contributed by atoms with Crippen LogP contribution in [0.15, 0.2) is 42.5 Å². The Hall–Kier alpha value is -1.69. The van der Waals surface area contributed by atoms with Crippen LogP contribution in [0.2, 0.25) is 0 Å². The van der Waals surface area contributed by atoms with E-state index in [-0.39, 0.29) is 12.5 Å². The predicted molar refractivity (Wildman–Crippen MR) is 109 cm³/mol. The maximum atomic E-state index is 10.6. The van der Waals surface area contributed by atoms with Gasteiger partial charge in [0.25, 0.3) is 0 Å². The second kappa shape index (κ2) is 11.3. The van der Waals surface area contributed by atoms with Gasteiger partial charge in [-0.1, -0.05) is 42.5 Å². The van der Waals surface area contributed by atoms with Crippen LogP contribution in [0.5, 0.6) is 0 Å². The number of allylic oxidation sites excluding steroid dienone is 2. The number of ether oxygens (including phenoxy) is 2. The second-order valence-electron chi connectivity index (χ2n) is 7.79. The molecule has 1 N–H and O–H groups in total. The molecule has 1 saturated carbocycles. The van der Waals surface area contributed by atoms with Crippen LogP contribution in [0.3, 0.4) is 0 Å². The normalized spacial score (nSPS) is 26.1. The van der Waals surface area contributed by atoms with Gasteiger partial charge >= 0.3 is 5.97 Å². The molecule has 2 fully saturated rings. The van der Waals surface area contributed by atoms with Crippen molar-refractivity contribution in [1.29, 1.82) is 0 Å². The van der Waals surface area contributed by atoms with Gasteiger partial charge in [-0.2, -0.15) is 0 Å². The molecule has 1 aromatic carbocycles. The standard InChI is InChI=1S/C23H33NO4/c25-23(26)11-7-2-1-6-10-20-21(24-14-16-27-17-15-24)12-13-22(20)28-18-19-8-4-3-5-9-19/h1,3-6,8-9,20-22H,2,7,10-18H2,(H,25,26)/b6-1-/t20-,21+,22+/m1/s1. The Morgan fingerprint density at radius 2 is 1.96 bits per heavy atom. The van der Waals surface area contributed by atoms with E-state index in [9.17, 15) is 4.79 Å². The Morgan fingerprint density at radius 1 is 1.18 bits per heavy atom. The molecule has 5 heteroatoms. The topological polar surface area (TPSA) is 59.0 Å². The van der Waals surface area contributed by atoms with Gasteiger partial charge in [-0.3, -0.25) is 9.69 Å². The van der Waals surface area contributed by atoms with Crippen molar-refractivity contribution in [1.82, 2.24) is 4.90 Å². The first kappa shape index (κ1) is 21.0. The molecular weight excluding hydrogens is 354 g/mol. The van der Waals surface area contributed by atoms with Gasteiger partial charge in [0.15, 0.2) is 0 Å². The Bertz CT molecular complexity index is 612. The highest BCUT2D eigenvalue weighted by atomic mass is 16.5. The summed E-state index contributed by atoms with van der Waals surface area (Å²) >= 11 is 0. The molecule has 2 aliphatic rings. The molecule has 1 aliphatic heterocycles. The van der Waals surface area contributed by atoms with Crippen molar-refractivity contribution in [2.24, 2.45) is 5.92 Å². The number of carboxylic acids is 1. The van der Waals surface area contributed by atoms with E-state index in [4.69, 9.17) is 14.6 Å². The molecule has 28 heavy (non-hydrogen) atoms. The van der Waals surface area contributed by atoms with E-state index in [1.165, 1.54) is 12.0 Å². The summed E-state index contributed by atoms with van der Waals surface area (Å²) in [5.41, 5.74) is 1.22. The fourth-order valence-electron chi connectivity index (χ4n) is 4.41. The number of benzene rings is 1. The molecule has 0 aromatic heterocycles. The van der Waals surface area contributed by atoms with E-state index in [2.05, 4.69) is 41.3 Å². The SMILES string of the molecule is O=C(O)CCC/C=C\C[C@H]1[C@@H](OCc2ccccc2)CC[C@@H]1N1CCOCC1. The summed E-state index contributed by atoms with van der Waals surface area (Å²) in [5.74, 6) is -0.233. The minimum Gasteiger partial charge on any atom is -0.481 e. The van der Waals surface area contributed by atoms with Gasteiger partial charge in [-0.15, -0.1) is 0 Å². The fraction of sp³-hybridized carbons (Fsp3) is 0.609. The van der Waals surface area contributed by atoms with Crippen molar-refractivity contribution in [3.8, 4) is 0 Å². The lowest BCUT2D eigenvalue weighted by atomic mass is 9.95. The molecular formula is C23H33NO4. The third-order valence-corrected chi connectivity index (χ3v) is 5.88. The molecule has 0 unspecified atom stereocenters. The van der Waals surface area contributed by atoms with E-state index in [1.54, 1.807) is 0 Å². The van der Waals surface area contributed by atoms with Crippen LogP contribution in [-0.4, -0.2) is 54.4 Å². The lowest BCUT2D eigenvalue weighted by Gasteiger charge is -2.36. The van der Waals surface area contributed by atoms with Gasteiger partial charge in [-0.05, 0) is 37.7 Å². The van der Waals surface area contributed by atoms with Crippen LogP contribution in [0, 0.1) is 5.92 Å². The first-order chi connectivity index (χ1) is 13.7. The zero-order valence-corrected chi connectivity index (χ0v) is 16.7. The zero-order chi connectivity index (χ0) is 19.6. The van der Waals surface area contributed by atoms with Gasteiger partial charge in [-0.25, -0.2) is 0 Å². The molecule has 0 amide bonds. The third kappa shape index (κ3) is 6.43. The Morgan fingerprint density at radius 3 is 2.71 bits per heavy atom. The number of rotatable bonds is 10. The van der Waals surface area contributed by atoms with Gasteiger partial charge in [0.1, 0.15) is 0 Å². The summed E-state index contributed by atoms with van der Waals surface area (Å²) in [5, 5.41) is 8.75. The summed E-state index contributed by atoms with van der Waals surface area (Å²) in [6, 6.07) is 10.9. The quantitative estimate of drug-likeness (QED) is 0.488. The number of unbranched alkanes of at least 4 members (excludes halogenated alkanes) is 1. The first-order valence-electron chi connectivity index (χ1n) is 10.6. The average molecular weight is 388 g/mol. The van der Waals surface area contributed by atoms with E-state index in [0.717, 1.165) is 45.6 Å². The minimum absolute atomic E-state index is 0.243. The number of carbonyl (C=O) groups is 1. The summed E-state index contributed by atoms with van der Waals surface area (Å²) in [6.07, 6.45) is 9.71. The van der Waals surface area contributed by atoms with E-state index in [1.807, 2.05) is 6.07 Å². The van der Waals surface area contributed by atoms with Crippen LogP contribution >= 0.6 is 0 Å². The van der Waals surface area contributed by atoms with Crippen molar-refractivity contribution < 1.29 is 19.4 Å². The van der Waals surface area contributed by atoms with Gasteiger partial charge in [0.2, 0.25) is 0 Å². The van der Waals surface area contributed by atoms with Gasteiger partial charge < -0.3 is 14.6 Å². The molecule has 3 atom stereocenters. The van der Waals surface area contributed by atoms with E-state index in [0.29, 0.717) is 25.0 Å². The highest BCUT2D eigenvalue weighted by molar-refractivity contribution is 5.66. The summed E-state index contributed by atoms with van der Waals surface area (Å²) in [6.45, 7) is 4.33. The number of hydrogen-bond donors (Lipinski definition) is 1. The molecule has 154 valence electrons. The van der Waals surface area contributed by atoms with Crippen LogP contribution < -0.4 is 0 Å². The maximum Gasteiger partial charge on any atom is 0.303 e. The first-order valence-corrected chi connectivity index (χ1v) is 10.6. The van der Waals surface area contributed by atoms with E-state index >= 15 is 0 Å². The monoisotopic (exact) mass is 387 g/mol. The zero-order valence-electron chi connectivity index (χ0n) is 16.7. The molecule has 3 rings (SSSR count). The van der Waals surface area contributed by atoms with Gasteiger partial charge in [0, 0.05) is 31.5 Å². The molecule has 1 saturated heterocycles. The highest BCUT2D eigenvalue weighted by Crippen LogP contribution is 2.36. The smallest absolute Gasteiger partial charge is 0.303 e. The van der Waals surface area contributed by atoms with Crippen molar-refractivity contribution in [2.45, 2.75) is 57.3 Å². The Balaban J connectivity index is 1.55. The Labute approximate surface area is 168 Å². The average Bonchev–Trinajstić information content (AvgIpc) is 3.13. The molecule has 1 aromatic rings. The predicted octanol–water partition coefficient (Wildman–Crippen LogP) is 3.88. The fourth-order valence-corrected chi connectivity index (χ4v) is 4.41. The summed E-state index contributed by atoms with van der Waals surface area (Å²) in [7, 11) is 0. The third-order valence-electron chi connectivity index (χ3n) is 5.88. The summed E-state index contributed by atoms with van der Waals surface area (Å²) < 4.78 is 11.9. The van der Waals surface area contributed by atoms with Crippen molar-refractivity contribution >= 4 is 5.97 Å². The van der Waals surface area contributed by atoms with Crippen LogP contribution in [0.25, 0.3) is 0 Å². The molecule has 0 radical (unpaired) electrons. The number of aliphatic carboxylic acids is 1. The molecule has 5 nitrogen and oxygen atoms in total.